The third-order valence-electron chi connectivity index (χ3n) is 3.59. The number of hydrogen-bond acceptors (Lipinski definition) is 6. The molecule has 0 unspecified atom stereocenters. The van der Waals surface area contributed by atoms with Crippen LogP contribution in [0.2, 0.25) is 0 Å². The number of nitrogens with zero attached hydrogens (tertiary/aromatic N) is 1. The van der Waals surface area contributed by atoms with Crippen LogP contribution in [0.15, 0.2) is 24.4 Å². The molecule has 1 aromatic heterocycles. The molecule has 0 radical (unpaired) electrons. The fourth-order valence-corrected chi connectivity index (χ4v) is 2.94. The molecule has 3 amide bonds. The van der Waals surface area contributed by atoms with Crippen molar-refractivity contribution in [3.63, 3.8) is 0 Å². The van der Waals surface area contributed by atoms with Crippen LogP contribution < -0.4 is 21.1 Å². The summed E-state index contributed by atoms with van der Waals surface area (Å²) in [5, 5.41) is 6.24. The van der Waals surface area contributed by atoms with E-state index in [1.165, 1.54) is 6.20 Å². The topological polar surface area (TPSA) is 116 Å². The lowest BCUT2D eigenvalue weighted by molar-refractivity contribution is 0.1000. The molecular weight excluding hydrogens is 368 g/mol. The van der Waals surface area contributed by atoms with E-state index < -0.39 is 5.91 Å². The number of hydrogen-bond donors (Lipinski definition) is 3. The number of carbonyl (C=O) groups is 2. The molecule has 0 aliphatic carbocycles. The Morgan fingerprint density at radius 1 is 1.30 bits per heavy atom. The average Bonchev–Trinajstić information content (AvgIpc) is 3.10. The number of nitrogens with two attached hydrogens (primary N) is 1. The number of urea groups is 1. The fraction of sp³-hybridized carbons (Fsp3) is 0.389. The Hall–Kier alpha value is -2.65. The van der Waals surface area contributed by atoms with Gasteiger partial charge in [0, 0.05) is 24.9 Å². The summed E-state index contributed by atoms with van der Waals surface area (Å²) < 4.78 is 11.0. The summed E-state index contributed by atoms with van der Waals surface area (Å²) in [4.78, 5) is 27.0. The Morgan fingerprint density at radius 2 is 2.11 bits per heavy atom. The third kappa shape index (κ3) is 6.54. The van der Waals surface area contributed by atoms with Gasteiger partial charge in [-0.2, -0.15) is 0 Å². The van der Waals surface area contributed by atoms with E-state index in [4.69, 9.17) is 15.2 Å². The van der Waals surface area contributed by atoms with Crippen LogP contribution in [0.1, 0.15) is 41.6 Å². The first-order valence-corrected chi connectivity index (χ1v) is 9.45. The molecule has 1 heterocycles. The van der Waals surface area contributed by atoms with E-state index in [0.29, 0.717) is 29.7 Å². The second-order valence-corrected chi connectivity index (χ2v) is 6.79. The van der Waals surface area contributed by atoms with Gasteiger partial charge in [-0.25, -0.2) is 9.78 Å². The van der Waals surface area contributed by atoms with Crippen molar-refractivity contribution in [2.75, 3.05) is 19.0 Å². The fourth-order valence-electron chi connectivity index (χ4n) is 2.31. The van der Waals surface area contributed by atoms with Crippen LogP contribution in [0.4, 0.5) is 10.5 Å². The molecule has 0 aliphatic rings. The largest absolute Gasteiger partial charge is 0.445 e. The zero-order valence-electron chi connectivity index (χ0n) is 15.4. The Bertz CT molecular complexity index is 778. The van der Waals surface area contributed by atoms with E-state index >= 15 is 0 Å². The summed E-state index contributed by atoms with van der Waals surface area (Å²) in [6.07, 6.45) is 4.58. The molecule has 0 saturated heterocycles. The molecule has 0 atom stereocenters. The minimum Gasteiger partial charge on any atom is -0.445 e. The zero-order chi connectivity index (χ0) is 19.6. The number of aromatic nitrogens is 1. The quantitative estimate of drug-likeness (QED) is 0.535. The SMILES string of the molecule is CCCCCNC(=O)Nc1ccc(Oc2cnc(C(N)=O)s2)c(COC)c1. The van der Waals surface area contributed by atoms with Gasteiger partial charge in [0.2, 0.25) is 5.06 Å². The summed E-state index contributed by atoms with van der Waals surface area (Å²) >= 11 is 1.06. The summed E-state index contributed by atoms with van der Waals surface area (Å²) in [7, 11) is 1.57. The molecule has 0 spiro atoms. The van der Waals surface area contributed by atoms with E-state index in [-0.39, 0.29) is 11.0 Å². The first kappa shape index (κ1) is 20.7. The predicted molar refractivity (Wildman–Crippen MR) is 104 cm³/mol. The molecule has 0 aliphatic heterocycles. The molecule has 2 aromatic rings. The molecule has 4 N–H and O–H groups in total. The molecule has 9 heteroatoms. The molecule has 1 aromatic carbocycles. The van der Waals surface area contributed by atoms with Gasteiger partial charge in [-0.1, -0.05) is 31.1 Å². The number of ether oxygens (including phenoxy) is 2. The Kier molecular flexibility index (Phi) is 8.02. The molecule has 146 valence electrons. The lowest BCUT2D eigenvalue weighted by Crippen LogP contribution is -2.29. The van der Waals surface area contributed by atoms with Crippen LogP contribution in [-0.2, 0) is 11.3 Å². The first-order chi connectivity index (χ1) is 13.0. The number of rotatable bonds is 10. The molecule has 0 saturated carbocycles. The Balaban J connectivity index is 2.04. The normalized spacial score (nSPS) is 10.4. The first-order valence-electron chi connectivity index (χ1n) is 8.63. The van der Waals surface area contributed by atoms with E-state index in [1.54, 1.807) is 25.3 Å². The van der Waals surface area contributed by atoms with Crippen LogP contribution >= 0.6 is 11.3 Å². The number of nitrogens with one attached hydrogen (secondary N) is 2. The summed E-state index contributed by atoms with van der Waals surface area (Å²) in [5.74, 6) is -0.0538. The minimum absolute atomic E-state index is 0.177. The maximum atomic E-state index is 12.0. The number of primary amides is 1. The molecule has 0 fully saturated rings. The third-order valence-corrected chi connectivity index (χ3v) is 4.48. The highest BCUT2D eigenvalue weighted by atomic mass is 32.1. The molecular formula is C18H24N4O4S. The van der Waals surface area contributed by atoms with Gasteiger partial charge in [-0.3, -0.25) is 4.79 Å². The maximum Gasteiger partial charge on any atom is 0.319 e. The van der Waals surface area contributed by atoms with E-state index in [2.05, 4.69) is 22.5 Å². The van der Waals surface area contributed by atoms with Gasteiger partial charge in [-0.05, 0) is 24.6 Å². The highest BCUT2D eigenvalue weighted by Crippen LogP contribution is 2.31. The number of amides is 3. The highest BCUT2D eigenvalue weighted by molar-refractivity contribution is 7.15. The number of carbonyl (C=O) groups excluding carboxylic acids is 2. The van der Waals surface area contributed by atoms with Crippen molar-refractivity contribution in [2.45, 2.75) is 32.8 Å². The number of anilines is 1. The van der Waals surface area contributed by atoms with E-state index in [0.717, 1.165) is 36.2 Å². The van der Waals surface area contributed by atoms with Crippen LogP contribution in [0.3, 0.4) is 0 Å². The number of thiazole rings is 1. The van der Waals surface area contributed by atoms with Crippen LogP contribution in [0, 0.1) is 0 Å². The lowest BCUT2D eigenvalue weighted by Gasteiger charge is -2.12. The van der Waals surface area contributed by atoms with Crippen LogP contribution in [-0.4, -0.2) is 30.6 Å². The van der Waals surface area contributed by atoms with Crippen molar-refractivity contribution in [1.29, 1.82) is 0 Å². The molecule has 8 nitrogen and oxygen atoms in total. The Morgan fingerprint density at radius 3 is 2.78 bits per heavy atom. The van der Waals surface area contributed by atoms with E-state index in [9.17, 15) is 9.59 Å². The zero-order valence-corrected chi connectivity index (χ0v) is 16.2. The smallest absolute Gasteiger partial charge is 0.319 e. The second-order valence-electron chi connectivity index (χ2n) is 5.79. The van der Waals surface area contributed by atoms with Crippen molar-refractivity contribution in [2.24, 2.45) is 5.73 Å². The summed E-state index contributed by atoms with van der Waals surface area (Å²) in [6.45, 7) is 3.05. The molecule has 2 rings (SSSR count). The van der Waals surface area contributed by atoms with Gasteiger partial charge in [0.25, 0.3) is 5.91 Å². The van der Waals surface area contributed by atoms with Crippen molar-refractivity contribution in [3.05, 3.63) is 35.0 Å². The predicted octanol–water partition coefficient (Wildman–Crippen LogP) is 3.49. The van der Waals surface area contributed by atoms with E-state index in [1.807, 2.05) is 0 Å². The maximum absolute atomic E-state index is 12.0. The van der Waals surface area contributed by atoms with Gasteiger partial charge < -0.3 is 25.8 Å². The summed E-state index contributed by atoms with van der Waals surface area (Å²) in [5.41, 5.74) is 6.58. The average molecular weight is 392 g/mol. The van der Waals surface area contributed by atoms with Crippen molar-refractivity contribution < 1.29 is 19.1 Å². The minimum atomic E-state index is -0.600. The van der Waals surface area contributed by atoms with Crippen LogP contribution in [0.25, 0.3) is 0 Å². The van der Waals surface area contributed by atoms with Gasteiger partial charge in [0.05, 0.1) is 12.8 Å². The van der Waals surface area contributed by atoms with Gasteiger partial charge in [0.15, 0.2) is 5.01 Å². The Labute approximate surface area is 162 Å². The van der Waals surface area contributed by atoms with Gasteiger partial charge in [0.1, 0.15) is 5.75 Å². The van der Waals surface area contributed by atoms with Gasteiger partial charge >= 0.3 is 6.03 Å². The number of methoxy groups -OCH3 is 1. The molecule has 0 bridgehead atoms. The number of benzene rings is 1. The van der Waals surface area contributed by atoms with Crippen LogP contribution in [0.5, 0.6) is 10.8 Å². The monoisotopic (exact) mass is 392 g/mol. The number of unbranched alkanes of at least 4 members (excludes halogenated alkanes) is 2. The standard InChI is InChI=1S/C18H24N4O4S/c1-3-4-5-8-20-18(24)22-13-6-7-14(12(9-13)11-25-2)26-15-10-21-17(27-15)16(19)23/h6-7,9-10H,3-5,8,11H2,1-2H3,(H2,19,23)(H2,20,22,24). The summed E-state index contributed by atoms with van der Waals surface area (Å²) in [6, 6.07) is 4.98. The highest BCUT2D eigenvalue weighted by Gasteiger charge is 2.12. The van der Waals surface area contributed by atoms with Crippen molar-refractivity contribution in [1.82, 2.24) is 10.3 Å². The van der Waals surface area contributed by atoms with Gasteiger partial charge in [-0.15, -0.1) is 0 Å². The van der Waals surface area contributed by atoms with Crippen molar-refractivity contribution in [3.8, 4) is 10.8 Å². The second kappa shape index (κ2) is 10.5. The lowest BCUT2D eigenvalue weighted by atomic mass is 10.2. The van der Waals surface area contributed by atoms with Crippen molar-refractivity contribution >= 4 is 29.0 Å². The molecule has 27 heavy (non-hydrogen) atoms.